The Labute approximate surface area is 138 Å². The number of aromatic nitrogens is 3. The number of carbonyl (C=O) groups excluding carboxylic acids is 1. The molecule has 0 unspecified atom stereocenters. The van der Waals surface area contributed by atoms with Crippen LogP contribution in [0.4, 0.5) is 10.3 Å². The molecule has 8 heteroatoms. The van der Waals surface area contributed by atoms with Crippen LogP contribution >= 0.6 is 0 Å². The molecule has 0 spiro atoms. The van der Waals surface area contributed by atoms with Crippen LogP contribution in [0, 0.1) is 5.82 Å². The second-order valence-electron chi connectivity index (χ2n) is 5.72. The average molecular weight is 331 g/mol. The van der Waals surface area contributed by atoms with Gasteiger partial charge >= 0.3 is 0 Å². The maximum atomic E-state index is 12.9. The normalized spacial score (nSPS) is 14.8. The van der Waals surface area contributed by atoms with Gasteiger partial charge in [0.1, 0.15) is 11.5 Å². The predicted octanol–water partition coefficient (Wildman–Crippen LogP) is 0.563. The lowest BCUT2D eigenvalue weighted by Gasteiger charge is -2.34. The van der Waals surface area contributed by atoms with Gasteiger partial charge in [-0.1, -0.05) is 12.1 Å². The number of aromatic amines is 1. The van der Waals surface area contributed by atoms with Gasteiger partial charge in [0.15, 0.2) is 0 Å². The van der Waals surface area contributed by atoms with Gasteiger partial charge < -0.3 is 9.80 Å². The molecule has 0 radical (unpaired) electrons. The number of nitrogens with one attached hydrogen (secondary N) is 1. The van der Waals surface area contributed by atoms with E-state index in [0.717, 1.165) is 5.56 Å². The van der Waals surface area contributed by atoms with Crippen molar-refractivity contribution in [1.29, 1.82) is 0 Å². The summed E-state index contributed by atoms with van der Waals surface area (Å²) in [6.45, 7) is 3.93. The number of benzene rings is 1. The minimum absolute atomic E-state index is 0.0453. The Balaban J connectivity index is 1.70. The average Bonchev–Trinajstić information content (AvgIpc) is 2.58. The van der Waals surface area contributed by atoms with Crippen LogP contribution < -0.4 is 10.5 Å². The van der Waals surface area contributed by atoms with E-state index in [1.54, 1.807) is 24.0 Å². The zero-order valence-corrected chi connectivity index (χ0v) is 13.3. The standard InChI is InChI=1S/C16H18FN5O2/c1-11(23)21-6-8-22(9-7-21)16-18-15(24)14(19-20-16)10-12-2-4-13(17)5-3-12/h2-5H,6-10H2,1H3,(H,18,20,24). The number of anilines is 1. The lowest BCUT2D eigenvalue weighted by molar-refractivity contribution is -0.129. The minimum atomic E-state index is -0.321. The van der Waals surface area contributed by atoms with E-state index in [2.05, 4.69) is 15.2 Å². The summed E-state index contributed by atoms with van der Waals surface area (Å²) in [6.07, 6.45) is 0.293. The number of amides is 1. The topological polar surface area (TPSA) is 82.2 Å². The van der Waals surface area contributed by atoms with Crippen molar-refractivity contribution in [3.8, 4) is 0 Å². The molecule has 7 nitrogen and oxygen atoms in total. The van der Waals surface area contributed by atoms with E-state index in [-0.39, 0.29) is 23.0 Å². The van der Waals surface area contributed by atoms with Crippen LogP contribution in [0.1, 0.15) is 18.2 Å². The SMILES string of the molecule is CC(=O)N1CCN(c2nnc(Cc3ccc(F)cc3)c(=O)[nH]2)CC1. The fourth-order valence-corrected chi connectivity index (χ4v) is 2.64. The molecular formula is C16H18FN5O2. The molecule has 24 heavy (non-hydrogen) atoms. The van der Waals surface area contributed by atoms with Crippen molar-refractivity contribution in [2.45, 2.75) is 13.3 Å². The number of halogens is 1. The summed E-state index contributed by atoms with van der Waals surface area (Å²) in [5.41, 5.74) is 0.769. The predicted molar refractivity (Wildman–Crippen MR) is 86.3 cm³/mol. The van der Waals surface area contributed by atoms with Crippen molar-refractivity contribution in [3.05, 3.63) is 51.7 Å². The summed E-state index contributed by atoms with van der Waals surface area (Å²) in [7, 11) is 0. The number of piperazine rings is 1. The molecule has 0 atom stereocenters. The lowest BCUT2D eigenvalue weighted by atomic mass is 10.1. The van der Waals surface area contributed by atoms with Crippen LogP contribution in [0.15, 0.2) is 29.1 Å². The van der Waals surface area contributed by atoms with Crippen LogP contribution in [0.25, 0.3) is 0 Å². The minimum Gasteiger partial charge on any atom is -0.339 e. The van der Waals surface area contributed by atoms with E-state index in [1.165, 1.54) is 12.1 Å². The van der Waals surface area contributed by atoms with Crippen molar-refractivity contribution in [3.63, 3.8) is 0 Å². The molecule has 1 N–H and O–H groups in total. The molecule has 1 aliphatic heterocycles. The van der Waals surface area contributed by atoms with Crippen LogP contribution in [-0.4, -0.2) is 52.2 Å². The Kier molecular flexibility index (Phi) is 4.54. The highest BCUT2D eigenvalue weighted by molar-refractivity contribution is 5.73. The highest BCUT2D eigenvalue weighted by Crippen LogP contribution is 2.10. The maximum absolute atomic E-state index is 12.9. The summed E-state index contributed by atoms with van der Waals surface area (Å²) in [6, 6.07) is 5.93. The quantitative estimate of drug-likeness (QED) is 0.889. The van der Waals surface area contributed by atoms with Gasteiger partial charge in [0, 0.05) is 39.5 Å². The number of H-pyrrole nitrogens is 1. The van der Waals surface area contributed by atoms with Crippen molar-refractivity contribution < 1.29 is 9.18 Å². The largest absolute Gasteiger partial charge is 0.339 e. The highest BCUT2D eigenvalue weighted by atomic mass is 19.1. The third-order valence-electron chi connectivity index (χ3n) is 4.06. The number of hydrogen-bond acceptors (Lipinski definition) is 5. The van der Waals surface area contributed by atoms with E-state index in [4.69, 9.17) is 0 Å². The first-order valence-corrected chi connectivity index (χ1v) is 7.74. The van der Waals surface area contributed by atoms with Gasteiger partial charge in [-0.2, -0.15) is 0 Å². The first-order valence-electron chi connectivity index (χ1n) is 7.74. The first-order chi connectivity index (χ1) is 11.5. The van der Waals surface area contributed by atoms with Crippen molar-refractivity contribution in [1.82, 2.24) is 20.1 Å². The van der Waals surface area contributed by atoms with Gasteiger partial charge in [-0.05, 0) is 17.7 Å². The molecular weight excluding hydrogens is 313 g/mol. The molecule has 2 aromatic rings. The van der Waals surface area contributed by atoms with E-state index >= 15 is 0 Å². The summed E-state index contributed by atoms with van der Waals surface area (Å²) in [5.74, 6) is 0.133. The number of nitrogens with zero attached hydrogens (tertiary/aromatic N) is 4. The van der Waals surface area contributed by atoms with Gasteiger partial charge in [-0.3, -0.25) is 14.6 Å². The zero-order chi connectivity index (χ0) is 17.1. The first kappa shape index (κ1) is 16.1. The van der Waals surface area contributed by atoms with Crippen LogP contribution in [0.3, 0.4) is 0 Å². The van der Waals surface area contributed by atoms with Gasteiger partial charge in [0.05, 0.1) is 0 Å². The van der Waals surface area contributed by atoms with E-state index in [9.17, 15) is 14.0 Å². The molecule has 126 valence electrons. The molecule has 2 heterocycles. The third kappa shape index (κ3) is 3.58. The summed E-state index contributed by atoms with van der Waals surface area (Å²) in [5, 5.41) is 8.11. The van der Waals surface area contributed by atoms with Gasteiger partial charge in [0.2, 0.25) is 11.9 Å². The molecule has 0 saturated carbocycles. The number of rotatable bonds is 3. The maximum Gasteiger partial charge on any atom is 0.274 e. The molecule has 1 aromatic carbocycles. The van der Waals surface area contributed by atoms with Crippen molar-refractivity contribution in [2.24, 2.45) is 0 Å². The molecule has 1 aromatic heterocycles. The number of hydrogen-bond donors (Lipinski definition) is 1. The lowest BCUT2D eigenvalue weighted by Crippen LogP contribution is -2.49. The van der Waals surface area contributed by atoms with Gasteiger partial charge in [-0.15, -0.1) is 10.2 Å². The molecule has 1 amide bonds. The second-order valence-corrected chi connectivity index (χ2v) is 5.72. The smallest absolute Gasteiger partial charge is 0.274 e. The fourth-order valence-electron chi connectivity index (χ4n) is 2.64. The Bertz CT molecular complexity index is 782. The van der Waals surface area contributed by atoms with Gasteiger partial charge in [-0.25, -0.2) is 4.39 Å². The Hall–Kier alpha value is -2.77. The third-order valence-corrected chi connectivity index (χ3v) is 4.06. The van der Waals surface area contributed by atoms with Crippen molar-refractivity contribution in [2.75, 3.05) is 31.1 Å². The van der Waals surface area contributed by atoms with Crippen LogP contribution in [0.2, 0.25) is 0 Å². The zero-order valence-electron chi connectivity index (χ0n) is 13.3. The van der Waals surface area contributed by atoms with Crippen LogP contribution in [0.5, 0.6) is 0 Å². The fraction of sp³-hybridized carbons (Fsp3) is 0.375. The Morgan fingerprint density at radius 1 is 1.17 bits per heavy atom. The molecule has 1 saturated heterocycles. The summed E-state index contributed by atoms with van der Waals surface area (Å²) in [4.78, 5) is 29.9. The van der Waals surface area contributed by atoms with E-state index in [0.29, 0.717) is 38.5 Å². The highest BCUT2D eigenvalue weighted by Gasteiger charge is 2.20. The monoisotopic (exact) mass is 331 g/mol. The van der Waals surface area contributed by atoms with Crippen LogP contribution in [-0.2, 0) is 11.2 Å². The Morgan fingerprint density at radius 3 is 2.42 bits per heavy atom. The second kappa shape index (κ2) is 6.77. The van der Waals surface area contributed by atoms with E-state index < -0.39 is 0 Å². The molecule has 0 bridgehead atoms. The molecule has 1 fully saturated rings. The number of carbonyl (C=O) groups is 1. The van der Waals surface area contributed by atoms with Crippen molar-refractivity contribution >= 4 is 11.9 Å². The summed E-state index contributed by atoms with van der Waals surface area (Å²) < 4.78 is 12.9. The Morgan fingerprint density at radius 2 is 1.83 bits per heavy atom. The molecule has 1 aliphatic rings. The summed E-state index contributed by atoms with van der Waals surface area (Å²) >= 11 is 0. The van der Waals surface area contributed by atoms with E-state index in [1.807, 2.05) is 4.90 Å². The molecule has 3 rings (SSSR count). The molecule has 0 aliphatic carbocycles. The van der Waals surface area contributed by atoms with Gasteiger partial charge in [0.25, 0.3) is 5.56 Å².